The number of benzene rings is 1. The van der Waals surface area contributed by atoms with Gasteiger partial charge in [0.15, 0.2) is 0 Å². The Labute approximate surface area is 115 Å². The van der Waals surface area contributed by atoms with Gasteiger partial charge in [-0.15, -0.1) is 0 Å². The van der Waals surface area contributed by atoms with Gasteiger partial charge in [-0.2, -0.15) is 8.78 Å². The number of hydrogen-bond donors (Lipinski definition) is 3. The summed E-state index contributed by atoms with van der Waals surface area (Å²) in [5, 5.41) is 14.9. The first kappa shape index (κ1) is 16.2. The second kappa shape index (κ2) is 8.31. The van der Waals surface area contributed by atoms with Crippen LogP contribution in [0, 0.1) is 0 Å². The molecule has 7 heteroatoms. The average molecular weight is 288 g/mol. The van der Waals surface area contributed by atoms with Crippen LogP contribution in [0.4, 0.5) is 13.6 Å². The Bertz CT molecular complexity index is 430. The second-order valence-electron chi connectivity index (χ2n) is 4.10. The van der Waals surface area contributed by atoms with E-state index in [0.29, 0.717) is 12.1 Å². The average Bonchev–Trinajstić information content (AvgIpc) is 2.42. The molecule has 0 heterocycles. The first-order valence-corrected chi connectivity index (χ1v) is 6.27. The third-order valence-electron chi connectivity index (χ3n) is 2.46. The van der Waals surface area contributed by atoms with Gasteiger partial charge in [-0.25, -0.2) is 4.79 Å². The fourth-order valence-electron chi connectivity index (χ4n) is 1.51. The first-order chi connectivity index (χ1) is 9.52. The maximum atomic E-state index is 12.1. The molecule has 0 fully saturated rings. The number of nitrogens with one attached hydrogen (secondary N) is 2. The Morgan fingerprint density at radius 2 is 2.15 bits per heavy atom. The molecule has 0 saturated carbocycles. The summed E-state index contributed by atoms with van der Waals surface area (Å²) < 4.78 is 28.4. The van der Waals surface area contributed by atoms with Crippen molar-refractivity contribution in [3.8, 4) is 5.75 Å². The number of ether oxygens (including phenoxy) is 1. The summed E-state index contributed by atoms with van der Waals surface area (Å²) in [6.45, 7) is -0.475. The summed E-state index contributed by atoms with van der Waals surface area (Å²) in [6.07, 6.45) is -0.188. The lowest BCUT2D eigenvalue weighted by atomic mass is 10.1. The molecule has 0 radical (unpaired) electrons. The van der Waals surface area contributed by atoms with E-state index >= 15 is 0 Å². The van der Waals surface area contributed by atoms with Gasteiger partial charge in [0.2, 0.25) is 0 Å². The molecule has 0 aromatic heterocycles. The number of rotatable bonds is 7. The van der Waals surface area contributed by atoms with Crippen LogP contribution in [-0.4, -0.2) is 30.8 Å². The van der Waals surface area contributed by atoms with Crippen molar-refractivity contribution in [1.82, 2.24) is 10.6 Å². The van der Waals surface area contributed by atoms with E-state index in [1.165, 1.54) is 18.2 Å². The maximum absolute atomic E-state index is 12.1. The maximum Gasteiger partial charge on any atom is 0.387 e. The van der Waals surface area contributed by atoms with E-state index in [1.54, 1.807) is 6.07 Å². The highest BCUT2D eigenvalue weighted by Gasteiger charge is 2.11. The monoisotopic (exact) mass is 288 g/mol. The van der Waals surface area contributed by atoms with Crippen molar-refractivity contribution < 1.29 is 23.4 Å². The Kier molecular flexibility index (Phi) is 6.72. The summed E-state index contributed by atoms with van der Waals surface area (Å²) >= 11 is 0. The third-order valence-corrected chi connectivity index (χ3v) is 2.46. The predicted molar refractivity (Wildman–Crippen MR) is 69.7 cm³/mol. The number of carbonyl (C=O) groups excluding carboxylic acids is 1. The van der Waals surface area contributed by atoms with E-state index in [4.69, 9.17) is 0 Å². The fraction of sp³-hybridized carbons (Fsp3) is 0.462. The standard InChI is InChI=1S/C13H18F2N2O3/c1-2-6-16-13(19)17-8-11(18)9-4-3-5-10(7-9)20-12(14)15/h3-5,7,11-12,18H,2,6,8H2,1H3,(H2,16,17,19). The zero-order valence-electron chi connectivity index (χ0n) is 11.1. The number of urea groups is 1. The molecule has 112 valence electrons. The molecule has 1 aromatic rings. The van der Waals surface area contributed by atoms with Gasteiger partial charge in [-0.3, -0.25) is 0 Å². The molecule has 1 aromatic carbocycles. The Hall–Kier alpha value is -1.89. The molecule has 0 bridgehead atoms. The largest absolute Gasteiger partial charge is 0.435 e. The van der Waals surface area contributed by atoms with Gasteiger partial charge in [0.25, 0.3) is 0 Å². The SMILES string of the molecule is CCCNC(=O)NCC(O)c1cccc(OC(F)F)c1. The summed E-state index contributed by atoms with van der Waals surface area (Å²) in [7, 11) is 0. The molecule has 2 amide bonds. The molecule has 0 spiro atoms. The van der Waals surface area contributed by atoms with Crippen LogP contribution in [0.15, 0.2) is 24.3 Å². The van der Waals surface area contributed by atoms with Gasteiger partial charge in [0, 0.05) is 13.1 Å². The normalized spacial score (nSPS) is 12.1. The van der Waals surface area contributed by atoms with E-state index in [0.717, 1.165) is 6.42 Å². The van der Waals surface area contributed by atoms with E-state index in [-0.39, 0.29) is 18.3 Å². The van der Waals surface area contributed by atoms with Crippen LogP contribution in [0.1, 0.15) is 25.0 Å². The third kappa shape index (κ3) is 5.83. The smallest absolute Gasteiger partial charge is 0.387 e. The Morgan fingerprint density at radius 3 is 2.80 bits per heavy atom. The van der Waals surface area contributed by atoms with Crippen LogP contribution in [0.2, 0.25) is 0 Å². The fourth-order valence-corrected chi connectivity index (χ4v) is 1.51. The number of aliphatic hydroxyl groups excluding tert-OH is 1. The van der Waals surface area contributed by atoms with Crippen LogP contribution in [0.25, 0.3) is 0 Å². The zero-order chi connectivity index (χ0) is 15.0. The number of halogens is 2. The van der Waals surface area contributed by atoms with Crippen molar-refractivity contribution in [2.24, 2.45) is 0 Å². The van der Waals surface area contributed by atoms with Crippen molar-refractivity contribution in [3.63, 3.8) is 0 Å². The molecule has 1 rings (SSSR count). The topological polar surface area (TPSA) is 70.6 Å². The van der Waals surface area contributed by atoms with Gasteiger partial charge >= 0.3 is 12.6 Å². The highest BCUT2D eigenvalue weighted by Crippen LogP contribution is 2.20. The molecule has 0 aliphatic heterocycles. The summed E-state index contributed by atoms with van der Waals surface area (Å²) in [4.78, 5) is 11.3. The van der Waals surface area contributed by atoms with Gasteiger partial charge in [-0.05, 0) is 24.1 Å². The van der Waals surface area contributed by atoms with Crippen molar-refractivity contribution in [2.75, 3.05) is 13.1 Å². The Morgan fingerprint density at radius 1 is 1.40 bits per heavy atom. The lowest BCUT2D eigenvalue weighted by Gasteiger charge is -2.14. The van der Waals surface area contributed by atoms with Crippen LogP contribution in [0.5, 0.6) is 5.75 Å². The van der Waals surface area contributed by atoms with Gasteiger partial charge in [0.05, 0.1) is 6.10 Å². The molecule has 0 aliphatic carbocycles. The van der Waals surface area contributed by atoms with E-state index in [1.807, 2.05) is 6.92 Å². The molecule has 5 nitrogen and oxygen atoms in total. The molecule has 0 aliphatic rings. The molecule has 1 atom stereocenters. The quantitative estimate of drug-likeness (QED) is 0.719. The molecule has 20 heavy (non-hydrogen) atoms. The number of carbonyl (C=O) groups is 1. The lowest BCUT2D eigenvalue weighted by molar-refractivity contribution is -0.0499. The molecule has 0 saturated heterocycles. The minimum atomic E-state index is -2.92. The summed E-state index contributed by atoms with van der Waals surface area (Å²) in [5.74, 6) is -0.0352. The van der Waals surface area contributed by atoms with Gasteiger partial charge in [0.1, 0.15) is 5.75 Å². The second-order valence-corrected chi connectivity index (χ2v) is 4.10. The van der Waals surface area contributed by atoms with Gasteiger partial charge < -0.3 is 20.5 Å². The number of alkyl halides is 2. The predicted octanol–water partition coefficient (Wildman–Crippen LogP) is 2.03. The van der Waals surface area contributed by atoms with Crippen LogP contribution < -0.4 is 15.4 Å². The van der Waals surface area contributed by atoms with E-state index in [2.05, 4.69) is 15.4 Å². The number of hydrogen-bond acceptors (Lipinski definition) is 3. The molecular weight excluding hydrogens is 270 g/mol. The Balaban J connectivity index is 2.50. The number of amides is 2. The van der Waals surface area contributed by atoms with Crippen molar-refractivity contribution in [2.45, 2.75) is 26.1 Å². The van der Waals surface area contributed by atoms with E-state index < -0.39 is 12.7 Å². The van der Waals surface area contributed by atoms with Gasteiger partial charge in [-0.1, -0.05) is 19.1 Å². The lowest BCUT2D eigenvalue weighted by Crippen LogP contribution is -2.38. The highest BCUT2D eigenvalue weighted by molar-refractivity contribution is 5.73. The molecular formula is C13H18F2N2O3. The highest BCUT2D eigenvalue weighted by atomic mass is 19.3. The summed E-state index contributed by atoms with van der Waals surface area (Å²) in [6, 6.07) is 5.35. The van der Waals surface area contributed by atoms with Crippen molar-refractivity contribution in [3.05, 3.63) is 29.8 Å². The first-order valence-electron chi connectivity index (χ1n) is 6.27. The molecule has 1 unspecified atom stereocenters. The molecule has 3 N–H and O–H groups in total. The minimum absolute atomic E-state index is 0.0202. The van der Waals surface area contributed by atoms with Crippen LogP contribution in [-0.2, 0) is 0 Å². The van der Waals surface area contributed by atoms with Crippen molar-refractivity contribution in [1.29, 1.82) is 0 Å². The van der Waals surface area contributed by atoms with Crippen LogP contribution >= 0.6 is 0 Å². The number of aliphatic hydroxyl groups is 1. The zero-order valence-corrected chi connectivity index (χ0v) is 11.1. The summed E-state index contributed by atoms with van der Waals surface area (Å²) in [5.41, 5.74) is 0.388. The van der Waals surface area contributed by atoms with Crippen molar-refractivity contribution >= 4 is 6.03 Å². The minimum Gasteiger partial charge on any atom is -0.435 e. The van der Waals surface area contributed by atoms with Crippen LogP contribution in [0.3, 0.4) is 0 Å². The van der Waals surface area contributed by atoms with E-state index in [9.17, 15) is 18.7 Å².